The Hall–Kier alpha value is -2.57. The van der Waals surface area contributed by atoms with E-state index in [1.807, 2.05) is 6.92 Å². The van der Waals surface area contributed by atoms with E-state index in [0.29, 0.717) is 18.4 Å². The Morgan fingerprint density at radius 3 is 2.65 bits per heavy atom. The SMILES string of the molecule is CCNc1ccc([N+](=O)[O-])c(-c2ccc(F)cc2F)n1. The van der Waals surface area contributed by atoms with Gasteiger partial charge in [-0.15, -0.1) is 0 Å². The number of hydrogen-bond donors (Lipinski definition) is 1. The fourth-order valence-electron chi connectivity index (χ4n) is 1.76. The van der Waals surface area contributed by atoms with Crippen molar-refractivity contribution < 1.29 is 13.7 Å². The van der Waals surface area contributed by atoms with E-state index in [1.54, 1.807) is 0 Å². The van der Waals surface area contributed by atoms with Gasteiger partial charge in [-0.1, -0.05) is 0 Å². The number of benzene rings is 1. The molecule has 0 amide bonds. The summed E-state index contributed by atoms with van der Waals surface area (Å²) in [5, 5.41) is 13.9. The smallest absolute Gasteiger partial charge is 0.295 e. The van der Waals surface area contributed by atoms with Crippen molar-refractivity contribution in [2.24, 2.45) is 0 Å². The highest BCUT2D eigenvalue weighted by Gasteiger charge is 2.20. The molecule has 0 atom stereocenters. The van der Waals surface area contributed by atoms with Crippen LogP contribution < -0.4 is 5.32 Å². The number of rotatable bonds is 4. The van der Waals surface area contributed by atoms with Crippen LogP contribution in [0.5, 0.6) is 0 Å². The molecule has 5 nitrogen and oxygen atoms in total. The monoisotopic (exact) mass is 279 g/mol. The van der Waals surface area contributed by atoms with Crippen molar-refractivity contribution in [3.05, 3.63) is 52.1 Å². The van der Waals surface area contributed by atoms with Gasteiger partial charge in [0.1, 0.15) is 17.5 Å². The molecule has 2 rings (SSSR count). The zero-order chi connectivity index (χ0) is 14.7. The molecule has 2 aromatic rings. The summed E-state index contributed by atoms with van der Waals surface area (Å²) in [6.45, 7) is 2.40. The van der Waals surface area contributed by atoms with Crippen LogP contribution in [0.3, 0.4) is 0 Å². The number of nitro groups is 1. The summed E-state index contributed by atoms with van der Waals surface area (Å²) in [6, 6.07) is 5.51. The third-order valence-electron chi connectivity index (χ3n) is 2.61. The lowest BCUT2D eigenvalue weighted by Gasteiger charge is -2.07. The Morgan fingerprint density at radius 2 is 2.05 bits per heavy atom. The summed E-state index contributed by atoms with van der Waals surface area (Å²) >= 11 is 0. The van der Waals surface area contributed by atoms with Crippen LogP contribution >= 0.6 is 0 Å². The number of anilines is 1. The zero-order valence-electron chi connectivity index (χ0n) is 10.6. The Kier molecular flexibility index (Phi) is 3.88. The van der Waals surface area contributed by atoms with Crippen LogP contribution in [0.1, 0.15) is 6.92 Å². The molecule has 0 spiro atoms. The second-order valence-corrected chi connectivity index (χ2v) is 3.98. The van der Waals surface area contributed by atoms with Gasteiger partial charge in [-0.3, -0.25) is 10.1 Å². The zero-order valence-corrected chi connectivity index (χ0v) is 10.6. The Balaban J connectivity index is 2.62. The van der Waals surface area contributed by atoms with E-state index in [1.165, 1.54) is 12.1 Å². The van der Waals surface area contributed by atoms with Gasteiger partial charge in [0, 0.05) is 24.2 Å². The second kappa shape index (κ2) is 5.60. The topological polar surface area (TPSA) is 68.1 Å². The lowest BCUT2D eigenvalue weighted by molar-refractivity contribution is -0.384. The maximum Gasteiger partial charge on any atom is 0.295 e. The van der Waals surface area contributed by atoms with Crippen molar-refractivity contribution in [1.82, 2.24) is 4.98 Å². The minimum absolute atomic E-state index is 0.113. The lowest BCUT2D eigenvalue weighted by atomic mass is 10.1. The van der Waals surface area contributed by atoms with Crippen molar-refractivity contribution in [2.45, 2.75) is 6.92 Å². The molecule has 0 radical (unpaired) electrons. The highest BCUT2D eigenvalue weighted by atomic mass is 19.1. The van der Waals surface area contributed by atoms with Gasteiger partial charge in [-0.25, -0.2) is 13.8 Å². The van der Waals surface area contributed by atoms with Gasteiger partial charge in [0.2, 0.25) is 0 Å². The molecule has 1 N–H and O–H groups in total. The summed E-state index contributed by atoms with van der Waals surface area (Å²) in [7, 11) is 0. The Bertz CT molecular complexity index is 662. The first-order valence-corrected chi connectivity index (χ1v) is 5.87. The molecule has 0 unspecified atom stereocenters. The summed E-state index contributed by atoms with van der Waals surface area (Å²) in [5.41, 5.74) is -0.582. The number of hydrogen-bond acceptors (Lipinski definition) is 4. The van der Waals surface area contributed by atoms with Crippen LogP contribution in [0.4, 0.5) is 20.3 Å². The number of nitrogens with one attached hydrogen (secondary N) is 1. The highest BCUT2D eigenvalue weighted by molar-refractivity contribution is 5.71. The quantitative estimate of drug-likeness (QED) is 0.688. The molecule has 7 heteroatoms. The van der Waals surface area contributed by atoms with Crippen LogP contribution in [0, 0.1) is 21.7 Å². The van der Waals surface area contributed by atoms with E-state index >= 15 is 0 Å². The van der Waals surface area contributed by atoms with Crippen molar-refractivity contribution >= 4 is 11.5 Å². The third-order valence-corrected chi connectivity index (χ3v) is 2.61. The molecular weight excluding hydrogens is 268 g/mol. The van der Waals surface area contributed by atoms with E-state index in [-0.39, 0.29) is 16.9 Å². The highest BCUT2D eigenvalue weighted by Crippen LogP contribution is 2.31. The molecule has 0 bridgehead atoms. The van der Waals surface area contributed by atoms with E-state index < -0.39 is 16.6 Å². The molecule has 104 valence electrons. The van der Waals surface area contributed by atoms with Gasteiger partial charge in [-0.2, -0.15) is 0 Å². The fourth-order valence-corrected chi connectivity index (χ4v) is 1.76. The first-order valence-electron chi connectivity index (χ1n) is 5.87. The van der Waals surface area contributed by atoms with Gasteiger partial charge < -0.3 is 5.32 Å². The summed E-state index contributed by atoms with van der Waals surface area (Å²) < 4.78 is 26.7. The standard InChI is InChI=1S/C13H11F2N3O2/c1-2-16-12-6-5-11(18(19)20)13(17-12)9-4-3-8(14)7-10(9)15/h3-7H,2H2,1H3,(H,16,17). The summed E-state index contributed by atoms with van der Waals surface area (Å²) in [5.74, 6) is -1.26. The van der Waals surface area contributed by atoms with Crippen LogP contribution in [0.2, 0.25) is 0 Å². The Morgan fingerprint density at radius 1 is 1.30 bits per heavy atom. The molecule has 1 heterocycles. The second-order valence-electron chi connectivity index (χ2n) is 3.98. The van der Waals surface area contributed by atoms with Crippen LogP contribution in [0.25, 0.3) is 11.3 Å². The number of nitrogens with zero attached hydrogens (tertiary/aromatic N) is 2. The lowest BCUT2D eigenvalue weighted by Crippen LogP contribution is -2.03. The van der Waals surface area contributed by atoms with Crippen molar-refractivity contribution in [2.75, 3.05) is 11.9 Å². The molecule has 0 saturated carbocycles. The van der Waals surface area contributed by atoms with Gasteiger partial charge in [0.05, 0.1) is 4.92 Å². The van der Waals surface area contributed by atoms with E-state index in [9.17, 15) is 18.9 Å². The van der Waals surface area contributed by atoms with E-state index in [4.69, 9.17) is 0 Å². The van der Waals surface area contributed by atoms with E-state index in [2.05, 4.69) is 10.3 Å². The molecule has 0 fully saturated rings. The minimum atomic E-state index is -0.894. The van der Waals surface area contributed by atoms with Crippen molar-refractivity contribution in [1.29, 1.82) is 0 Å². The van der Waals surface area contributed by atoms with Gasteiger partial charge in [0.25, 0.3) is 5.69 Å². The van der Waals surface area contributed by atoms with Gasteiger partial charge in [0.15, 0.2) is 5.69 Å². The Labute approximate surface area is 113 Å². The summed E-state index contributed by atoms with van der Waals surface area (Å²) in [4.78, 5) is 14.4. The molecule has 0 saturated heterocycles. The minimum Gasteiger partial charge on any atom is -0.370 e. The molecule has 0 aliphatic heterocycles. The molecule has 1 aromatic carbocycles. The van der Waals surface area contributed by atoms with Gasteiger partial charge >= 0.3 is 0 Å². The van der Waals surface area contributed by atoms with E-state index in [0.717, 1.165) is 12.1 Å². The summed E-state index contributed by atoms with van der Waals surface area (Å²) in [6.07, 6.45) is 0. The average Bonchev–Trinajstić information content (AvgIpc) is 2.38. The van der Waals surface area contributed by atoms with Crippen molar-refractivity contribution in [3.8, 4) is 11.3 Å². The predicted molar refractivity (Wildman–Crippen MR) is 70.4 cm³/mol. The molecule has 0 aliphatic rings. The van der Waals surface area contributed by atoms with Crippen LogP contribution in [-0.2, 0) is 0 Å². The molecule has 20 heavy (non-hydrogen) atoms. The maximum absolute atomic E-state index is 13.8. The predicted octanol–water partition coefficient (Wildman–Crippen LogP) is 3.37. The van der Waals surface area contributed by atoms with Crippen LogP contribution in [-0.4, -0.2) is 16.5 Å². The maximum atomic E-state index is 13.8. The molecule has 1 aromatic heterocycles. The molecular formula is C13H11F2N3O2. The fraction of sp³-hybridized carbons (Fsp3) is 0.154. The first-order chi connectivity index (χ1) is 9.52. The number of halogens is 2. The average molecular weight is 279 g/mol. The first kappa shape index (κ1) is 13.9. The van der Waals surface area contributed by atoms with Crippen molar-refractivity contribution in [3.63, 3.8) is 0 Å². The van der Waals surface area contributed by atoms with Crippen LogP contribution in [0.15, 0.2) is 30.3 Å². The normalized spacial score (nSPS) is 10.3. The number of aromatic nitrogens is 1. The molecule has 0 aliphatic carbocycles. The number of pyridine rings is 1. The largest absolute Gasteiger partial charge is 0.370 e. The van der Waals surface area contributed by atoms with Gasteiger partial charge in [-0.05, 0) is 25.1 Å². The third kappa shape index (κ3) is 2.71.